The van der Waals surface area contributed by atoms with Crippen LogP contribution in [0.1, 0.15) is 58.8 Å². The standard InChI is InChI=1S/C19H28O3/c1-18-7-6-15-14(16(18)10-17(21)22-11-18)4-3-12-9-13(20)5-8-19(12,15)2/h3,13-16,20H,4-11H2,1-2H3/t13-,14+,15-,16-,18+,19-/m0/s1. The first-order chi connectivity index (χ1) is 10.4. The van der Waals surface area contributed by atoms with E-state index in [2.05, 4.69) is 19.9 Å². The Hall–Kier alpha value is -0.830. The van der Waals surface area contributed by atoms with E-state index in [1.165, 1.54) is 18.4 Å². The summed E-state index contributed by atoms with van der Waals surface area (Å²) >= 11 is 0. The summed E-state index contributed by atoms with van der Waals surface area (Å²) in [6.45, 7) is 5.36. The van der Waals surface area contributed by atoms with Crippen molar-refractivity contribution in [2.75, 3.05) is 6.61 Å². The smallest absolute Gasteiger partial charge is 0.306 e. The van der Waals surface area contributed by atoms with Gasteiger partial charge in [-0.1, -0.05) is 25.5 Å². The zero-order chi connectivity index (χ0) is 15.5. The van der Waals surface area contributed by atoms with Gasteiger partial charge in [0.1, 0.15) is 0 Å². The molecule has 4 aliphatic rings. The molecule has 0 aromatic carbocycles. The summed E-state index contributed by atoms with van der Waals surface area (Å²) in [5.74, 6) is 1.79. The van der Waals surface area contributed by atoms with Crippen LogP contribution in [0.3, 0.4) is 0 Å². The summed E-state index contributed by atoms with van der Waals surface area (Å²) in [6, 6.07) is 0. The number of carbonyl (C=O) groups excluding carboxylic acids is 1. The Kier molecular flexibility index (Phi) is 3.24. The topological polar surface area (TPSA) is 46.5 Å². The van der Waals surface area contributed by atoms with Crippen LogP contribution in [-0.4, -0.2) is 23.8 Å². The van der Waals surface area contributed by atoms with Crippen molar-refractivity contribution in [2.24, 2.45) is 28.6 Å². The second kappa shape index (κ2) is 4.83. The molecule has 0 spiro atoms. The average Bonchev–Trinajstić information content (AvgIpc) is 2.48. The van der Waals surface area contributed by atoms with Crippen LogP contribution in [0.25, 0.3) is 0 Å². The quantitative estimate of drug-likeness (QED) is 0.550. The van der Waals surface area contributed by atoms with E-state index in [1.807, 2.05) is 0 Å². The molecule has 0 amide bonds. The van der Waals surface area contributed by atoms with E-state index in [1.54, 1.807) is 0 Å². The van der Waals surface area contributed by atoms with Crippen molar-refractivity contribution in [1.29, 1.82) is 0 Å². The molecule has 3 aliphatic carbocycles. The molecule has 3 fully saturated rings. The fraction of sp³-hybridized carbons (Fsp3) is 0.842. The number of fused-ring (bicyclic) bond motifs is 5. The van der Waals surface area contributed by atoms with Crippen LogP contribution >= 0.6 is 0 Å². The number of rotatable bonds is 0. The van der Waals surface area contributed by atoms with Crippen molar-refractivity contribution < 1.29 is 14.6 Å². The van der Waals surface area contributed by atoms with Crippen LogP contribution < -0.4 is 0 Å². The first-order valence-electron chi connectivity index (χ1n) is 8.96. The highest BCUT2D eigenvalue weighted by atomic mass is 16.5. The van der Waals surface area contributed by atoms with Crippen LogP contribution in [0.15, 0.2) is 11.6 Å². The highest BCUT2D eigenvalue weighted by Crippen LogP contribution is 2.62. The minimum atomic E-state index is -0.144. The fourth-order valence-corrected chi connectivity index (χ4v) is 6.10. The fourth-order valence-electron chi connectivity index (χ4n) is 6.10. The van der Waals surface area contributed by atoms with E-state index < -0.39 is 0 Å². The van der Waals surface area contributed by atoms with Gasteiger partial charge in [0.15, 0.2) is 0 Å². The highest BCUT2D eigenvalue weighted by molar-refractivity contribution is 5.70. The van der Waals surface area contributed by atoms with Gasteiger partial charge in [-0.2, -0.15) is 0 Å². The lowest BCUT2D eigenvalue weighted by Crippen LogP contribution is -2.54. The van der Waals surface area contributed by atoms with Gasteiger partial charge in [-0.05, 0) is 61.7 Å². The van der Waals surface area contributed by atoms with Gasteiger partial charge in [0.2, 0.25) is 0 Å². The number of carbonyl (C=O) groups is 1. The van der Waals surface area contributed by atoms with E-state index >= 15 is 0 Å². The van der Waals surface area contributed by atoms with Crippen LogP contribution in [0.5, 0.6) is 0 Å². The minimum Gasteiger partial charge on any atom is -0.465 e. The lowest BCUT2D eigenvalue weighted by atomic mass is 9.47. The normalized spacial score (nSPS) is 51.0. The van der Waals surface area contributed by atoms with E-state index in [4.69, 9.17) is 4.74 Å². The predicted molar refractivity (Wildman–Crippen MR) is 84.1 cm³/mol. The van der Waals surface area contributed by atoms with E-state index in [-0.39, 0.29) is 22.9 Å². The molecule has 0 aromatic rings. The molecule has 3 heteroatoms. The Bertz CT molecular complexity index is 525. The van der Waals surface area contributed by atoms with Crippen molar-refractivity contribution >= 4 is 5.97 Å². The lowest BCUT2D eigenvalue weighted by Gasteiger charge is -2.59. The monoisotopic (exact) mass is 304 g/mol. The highest BCUT2D eigenvalue weighted by Gasteiger charge is 2.56. The third-order valence-electron chi connectivity index (χ3n) is 7.55. The molecule has 2 saturated carbocycles. The Morgan fingerprint density at radius 1 is 1.18 bits per heavy atom. The number of esters is 1. The first-order valence-corrected chi connectivity index (χ1v) is 8.96. The van der Waals surface area contributed by atoms with Gasteiger partial charge in [-0.25, -0.2) is 0 Å². The molecule has 3 nitrogen and oxygen atoms in total. The summed E-state index contributed by atoms with van der Waals surface area (Å²) in [4.78, 5) is 11.9. The average molecular weight is 304 g/mol. The van der Waals surface area contributed by atoms with E-state index in [0.29, 0.717) is 30.8 Å². The van der Waals surface area contributed by atoms with E-state index in [9.17, 15) is 9.90 Å². The maximum Gasteiger partial charge on any atom is 0.306 e. The van der Waals surface area contributed by atoms with Crippen molar-refractivity contribution in [3.05, 3.63) is 11.6 Å². The summed E-state index contributed by atoms with van der Waals surface area (Å²) in [7, 11) is 0. The molecule has 1 saturated heterocycles. The first kappa shape index (κ1) is 14.7. The van der Waals surface area contributed by atoms with Crippen molar-refractivity contribution in [3.63, 3.8) is 0 Å². The lowest BCUT2D eigenvalue weighted by molar-refractivity contribution is -0.172. The number of hydrogen-bond donors (Lipinski definition) is 1. The zero-order valence-electron chi connectivity index (χ0n) is 13.8. The molecule has 0 aromatic heterocycles. The van der Waals surface area contributed by atoms with Crippen LogP contribution in [0, 0.1) is 28.6 Å². The van der Waals surface area contributed by atoms with Gasteiger partial charge >= 0.3 is 5.97 Å². The largest absolute Gasteiger partial charge is 0.465 e. The Balaban J connectivity index is 1.68. The number of hydrogen-bond acceptors (Lipinski definition) is 3. The maximum atomic E-state index is 11.9. The molecule has 1 N–H and O–H groups in total. The summed E-state index contributed by atoms with van der Waals surface area (Å²) in [5, 5.41) is 10.0. The number of aliphatic hydroxyl groups excluding tert-OH is 1. The summed E-state index contributed by atoms with van der Waals surface area (Å²) in [5.41, 5.74) is 1.94. The van der Waals surface area contributed by atoms with Crippen molar-refractivity contribution in [1.82, 2.24) is 0 Å². The van der Waals surface area contributed by atoms with Crippen molar-refractivity contribution in [2.45, 2.75) is 64.9 Å². The molecule has 0 bridgehead atoms. The number of cyclic esters (lactones) is 1. The molecular weight excluding hydrogens is 276 g/mol. The number of allylic oxidation sites excluding steroid dienone is 1. The van der Waals surface area contributed by atoms with Gasteiger partial charge in [0.05, 0.1) is 12.7 Å². The second-order valence-corrected chi connectivity index (χ2v) is 8.71. The van der Waals surface area contributed by atoms with Gasteiger partial charge in [-0.15, -0.1) is 0 Å². The Labute approximate surface area is 133 Å². The van der Waals surface area contributed by atoms with Gasteiger partial charge in [-0.3, -0.25) is 4.79 Å². The molecule has 6 atom stereocenters. The molecule has 0 unspecified atom stereocenters. The number of aliphatic hydroxyl groups is 1. The third-order valence-corrected chi connectivity index (χ3v) is 7.55. The molecule has 4 rings (SSSR count). The molecule has 122 valence electrons. The third kappa shape index (κ3) is 2.01. The predicted octanol–water partition coefficient (Wildman–Crippen LogP) is 3.46. The minimum absolute atomic E-state index is 0.00196. The van der Waals surface area contributed by atoms with Gasteiger partial charge in [0.25, 0.3) is 0 Å². The second-order valence-electron chi connectivity index (χ2n) is 8.71. The molecular formula is C19H28O3. The molecule has 1 heterocycles. The number of ether oxygens (including phenoxy) is 1. The molecule has 0 radical (unpaired) electrons. The van der Waals surface area contributed by atoms with Crippen LogP contribution in [0.4, 0.5) is 0 Å². The van der Waals surface area contributed by atoms with Gasteiger partial charge in [0, 0.05) is 11.8 Å². The Morgan fingerprint density at radius 3 is 2.82 bits per heavy atom. The molecule has 1 aliphatic heterocycles. The maximum absolute atomic E-state index is 11.9. The molecule has 22 heavy (non-hydrogen) atoms. The zero-order valence-corrected chi connectivity index (χ0v) is 13.8. The Morgan fingerprint density at radius 2 is 2.00 bits per heavy atom. The SMILES string of the molecule is C[C@]12CC[C@H]3[C@@H](CC=C4C[C@@H](O)CC[C@@]43C)[C@@H]1CC(=O)OC2. The summed E-state index contributed by atoms with van der Waals surface area (Å²) in [6.07, 6.45) is 9.30. The summed E-state index contributed by atoms with van der Waals surface area (Å²) < 4.78 is 5.39. The van der Waals surface area contributed by atoms with Gasteiger partial charge < -0.3 is 9.84 Å². The van der Waals surface area contributed by atoms with Crippen LogP contribution in [0.2, 0.25) is 0 Å². The van der Waals surface area contributed by atoms with Crippen LogP contribution in [-0.2, 0) is 9.53 Å². The van der Waals surface area contributed by atoms with E-state index in [0.717, 1.165) is 25.7 Å². The van der Waals surface area contributed by atoms with Crippen molar-refractivity contribution in [3.8, 4) is 0 Å².